The van der Waals surface area contributed by atoms with Gasteiger partial charge in [-0.3, -0.25) is 9.59 Å². The number of carbonyl (C=O) groups excluding carboxylic acids is 1. The number of rotatable bonds is 4. The molecule has 0 radical (unpaired) electrons. The highest BCUT2D eigenvalue weighted by molar-refractivity contribution is 7.91. The quantitative estimate of drug-likeness (QED) is 0.628. The smallest absolute Gasteiger partial charge is 0.255 e. The lowest BCUT2D eigenvalue weighted by Crippen LogP contribution is -2.31. The number of pyridine rings is 2. The molecule has 9 heteroatoms. The zero-order chi connectivity index (χ0) is 21.2. The fourth-order valence-electron chi connectivity index (χ4n) is 3.28. The minimum atomic E-state index is -3.54. The molecule has 0 spiro atoms. The maximum absolute atomic E-state index is 12.2. The topological polar surface area (TPSA) is 118 Å². The number of hydrogen-bond acceptors (Lipinski definition) is 6. The lowest BCUT2D eigenvalue weighted by Gasteiger charge is -2.13. The molecule has 1 unspecified atom stereocenters. The Morgan fingerprint density at radius 2 is 1.93 bits per heavy atom. The van der Waals surface area contributed by atoms with Gasteiger partial charge in [0, 0.05) is 41.2 Å². The monoisotopic (exact) mass is 417 g/mol. The van der Waals surface area contributed by atoms with E-state index in [1.807, 2.05) is 13.8 Å². The van der Waals surface area contributed by atoms with Gasteiger partial charge in [0.25, 0.3) is 5.56 Å². The van der Waals surface area contributed by atoms with Crippen LogP contribution in [0.4, 0.5) is 0 Å². The zero-order valence-corrected chi connectivity index (χ0v) is 17.3. The lowest BCUT2D eigenvalue weighted by atomic mass is 10.1. The van der Waals surface area contributed by atoms with E-state index < -0.39 is 9.84 Å². The Kier molecular flexibility index (Phi) is 5.88. The van der Waals surface area contributed by atoms with Crippen molar-refractivity contribution in [2.45, 2.75) is 37.6 Å². The molecular weight excluding hydrogens is 394 g/mol. The number of hydrogen-bond donors (Lipinski definition) is 2. The molecule has 0 bridgehead atoms. The van der Waals surface area contributed by atoms with Gasteiger partial charge in [-0.1, -0.05) is 13.8 Å². The maximum Gasteiger partial charge on any atom is 0.255 e. The Balaban J connectivity index is 0.00000117. The molecule has 2 aromatic heterocycles. The maximum atomic E-state index is 12.2. The number of amides is 1. The number of benzene rings is 1. The van der Waals surface area contributed by atoms with Gasteiger partial charge in [-0.2, -0.15) is 0 Å². The highest BCUT2D eigenvalue weighted by atomic mass is 32.2. The second kappa shape index (κ2) is 8.20. The predicted molar refractivity (Wildman–Crippen MR) is 111 cm³/mol. The third-order valence-corrected chi connectivity index (χ3v) is 5.75. The predicted octanol–water partition coefficient (Wildman–Crippen LogP) is 2.16. The van der Waals surface area contributed by atoms with E-state index in [2.05, 4.69) is 15.3 Å². The van der Waals surface area contributed by atoms with Crippen LogP contribution in [0.15, 0.2) is 40.3 Å². The first-order valence-corrected chi connectivity index (χ1v) is 11.3. The third kappa shape index (κ3) is 4.24. The van der Waals surface area contributed by atoms with Crippen molar-refractivity contribution in [1.82, 2.24) is 15.3 Å². The van der Waals surface area contributed by atoms with Crippen LogP contribution in [0.5, 0.6) is 5.88 Å². The summed E-state index contributed by atoms with van der Waals surface area (Å²) in [4.78, 5) is 30.2. The average molecular weight is 417 g/mol. The van der Waals surface area contributed by atoms with Gasteiger partial charge in [-0.25, -0.2) is 13.4 Å². The summed E-state index contributed by atoms with van der Waals surface area (Å²) in [6, 6.07) is 4.89. The Morgan fingerprint density at radius 3 is 2.59 bits per heavy atom. The third-order valence-electron chi connectivity index (χ3n) is 4.62. The number of carbonyl (C=O) groups is 1. The molecule has 4 rings (SSSR count). The minimum Gasteiger partial charge on any atom is -0.475 e. The molecule has 1 aliphatic heterocycles. The first kappa shape index (κ1) is 20.8. The first-order valence-electron chi connectivity index (χ1n) is 9.39. The van der Waals surface area contributed by atoms with E-state index in [1.54, 1.807) is 24.4 Å². The van der Waals surface area contributed by atoms with Gasteiger partial charge in [-0.15, -0.1) is 0 Å². The van der Waals surface area contributed by atoms with Crippen LogP contribution < -0.4 is 15.6 Å². The van der Waals surface area contributed by atoms with Gasteiger partial charge >= 0.3 is 0 Å². The van der Waals surface area contributed by atoms with E-state index in [4.69, 9.17) is 4.74 Å². The average Bonchev–Trinajstić information content (AvgIpc) is 3.11. The van der Waals surface area contributed by atoms with Crippen LogP contribution in [0.2, 0.25) is 0 Å². The van der Waals surface area contributed by atoms with Crippen molar-refractivity contribution in [2.24, 2.45) is 0 Å². The van der Waals surface area contributed by atoms with Crippen molar-refractivity contribution in [1.29, 1.82) is 0 Å². The summed E-state index contributed by atoms with van der Waals surface area (Å²) in [5.74, 6) is 0.327. The van der Waals surface area contributed by atoms with Crippen molar-refractivity contribution in [3.05, 3.63) is 40.9 Å². The molecule has 1 aromatic carbocycles. The summed E-state index contributed by atoms with van der Waals surface area (Å²) in [5, 5.41) is 4.73. The van der Waals surface area contributed by atoms with E-state index in [0.717, 1.165) is 6.26 Å². The molecule has 1 saturated heterocycles. The van der Waals surface area contributed by atoms with Crippen molar-refractivity contribution < 1.29 is 17.9 Å². The van der Waals surface area contributed by atoms with Crippen LogP contribution in [0.1, 0.15) is 26.7 Å². The van der Waals surface area contributed by atoms with Crippen LogP contribution >= 0.6 is 0 Å². The van der Waals surface area contributed by atoms with Gasteiger partial charge in [0.15, 0.2) is 9.84 Å². The van der Waals surface area contributed by atoms with Crippen LogP contribution in [-0.2, 0) is 14.6 Å². The van der Waals surface area contributed by atoms with Crippen LogP contribution in [0.25, 0.3) is 21.5 Å². The van der Waals surface area contributed by atoms with Crippen molar-refractivity contribution in [3.8, 4) is 5.88 Å². The summed E-state index contributed by atoms with van der Waals surface area (Å²) in [5.41, 5.74) is -0.368. The molecule has 1 fully saturated rings. The van der Waals surface area contributed by atoms with Crippen molar-refractivity contribution >= 4 is 37.3 Å². The number of nitrogens with one attached hydrogen (secondary N) is 2. The van der Waals surface area contributed by atoms with Gasteiger partial charge in [0.1, 0.15) is 6.61 Å². The molecule has 3 aromatic rings. The summed E-state index contributed by atoms with van der Waals surface area (Å²) in [7, 11) is -3.54. The number of ether oxygens (including phenoxy) is 1. The van der Waals surface area contributed by atoms with E-state index in [0.29, 0.717) is 34.9 Å². The van der Waals surface area contributed by atoms with E-state index in [9.17, 15) is 18.0 Å². The van der Waals surface area contributed by atoms with Crippen LogP contribution in [0.3, 0.4) is 0 Å². The molecule has 1 aliphatic rings. The molecule has 0 aliphatic carbocycles. The summed E-state index contributed by atoms with van der Waals surface area (Å²) >= 11 is 0. The standard InChI is InChI=1S/C18H17N3O5S.C2H6/c1-27(24,25)15-8-20-17(23)14-6-10-4-5-19-18(12(10)7-13(14)15)26-9-11-2-3-16(22)21-11;1-2/h4-8,11H,2-3,9H2,1H3,(H,20,23)(H,21,22);1-2H3. The molecule has 0 saturated carbocycles. The molecule has 29 heavy (non-hydrogen) atoms. The van der Waals surface area contributed by atoms with Gasteiger partial charge in [0.2, 0.25) is 11.8 Å². The number of nitrogens with zero attached hydrogens (tertiary/aromatic N) is 1. The molecule has 1 amide bonds. The number of sulfone groups is 1. The number of H-pyrrole nitrogens is 1. The van der Waals surface area contributed by atoms with Crippen molar-refractivity contribution in [2.75, 3.05) is 12.9 Å². The largest absolute Gasteiger partial charge is 0.475 e. The fraction of sp³-hybridized carbons (Fsp3) is 0.350. The van der Waals surface area contributed by atoms with Gasteiger partial charge in [-0.05, 0) is 30.0 Å². The van der Waals surface area contributed by atoms with Gasteiger partial charge in [0.05, 0.1) is 10.9 Å². The highest BCUT2D eigenvalue weighted by Gasteiger charge is 2.22. The second-order valence-electron chi connectivity index (χ2n) is 6.60. The van der Waals surface area contributed by atoms with E-state index >= 15 is 0 Å². The Hall–Kier alpha value is -2.94. The summed E-state index contributed by atoms with van der Waals surface area (Å²) in [6.45, 7) is 4.27. The zero-order valence-electron chi connectivity index (χ0n) is 16.5. The normalized spacial score (nSPS) is 16.4. The molecular formula is C20H23N3O5S. The molecule has 1 atom stereocenters. The van der Waals surface area contributed by atoms with Gasteiger partial charge < -0.3 is 15.0 Å². The highest BCUT2D eigenvalue weighted by Crippen LogP contribution is 2.30. The Labute approximate surface area is 168 Å². The van der Waals surface area contributed by atoms with Crippen LogP contribution in [-0.4, -0.2) is 43.2 Å². The minimum absolute atomic E-state index is 0.00232. The molecule has 154 valence electrons. The van der Waals surface area contributed by atoms with Crippen LogP contribution in [0, 0.1) is 0 Å². The Morgan fingerprint density at radius 1 is 1.17 bits per heavy atom. The SMILES string of the molecule is CC.CS(=O)(=O)c1c[nH]c(=O)c2cc3ccnc(OCC4CCC(=O)N4)c3cc12. The first-order chi connectivity index (χ1) is 13.8. The van der Waals surface area contributed by atoms with E-state index in [-0.39, 0.29) is 34.4 Å². The fourth-order valence-corrected chi connectivity index (χ4v) is 4.12. The Bertz CT molecular complexity index is 1230. The number of aromatic nitrogens is 2. The molecule has 8 nitrogen and oxygen atoms in total. The number of fused-ring (bicyclic) bond motifs is 2. The molecule has 3 heterocycles. The van der Waals surface area contributed by atoms with Crippen molar-refractivity contribution in [3.63, 3.8) is 0 Å². The second-order valence-corrected chi connectivity index (χ2v) is 8.59. The lowest BCUT2D eigenvalue weighted by molar-refractivity contribution is -0.119. The summed E-state index contributed by atoms with van der Waals surface area (Å²) in [6.07, 6.45) is 5.03. The molecule has 2 N–H and O–H groups in total. The summed E-state index contributed by atoms with van der Waals surface area (Å²) < 4.78 is 30.0. The van der Waals surface area contributed by atoms with E-state index in [1.165, 1.54) is 6.20 Å². The number of aromatic amines is 1.